The Labute approximate surface area is 336 Å². The minimum absolute atomic E-state index is 0.194. The SMILES string of the molecule is CCCCCCCCCC/C=C\CCCCCCCCCCCC(=O)OC(CO)COP(=O)(O)OCC(CO)OC(=O)CCCCCCCCCCCCC. The summed E-state index contributed by atoms with van der Waals surface area (Å²) in [6.07, 6.45) is 39.0. The lowest BCUT2D eigenvalue weighted by atomic mass is 10.1. The monoisotopic (exact) mass is 805 g/mol. The van der Waals surface area contributed by atoms with Crippen LogP contribution in [0.15, 0.2) is 12.2 Å². The number of carbonyl (C=O) groups excluding carboxylic acids is 2. The lowest BCUT2D eigenvalue weighted by molar-refractivity contribution is -0.153. The molecule has 3 N–H and O–H groups in total. The fourth-order valence-corrected chi connectivity index (χ4v) is 7.25. The van der Waals surface area contributed by atoms with Crippen molar-refractivity contribution in [3.05, 3.63) is 12.2 Å². The van der Waals surface area contributed by atoms with Crippen LogP contribution < -0.4 is 0 Å². The van der Waals surface area contributed by atoms with E-state index >= 15 is 0 Å². The van der Waals surface area contributed by atoms with Crippen LogP contribution in [0.4, 0.5) is 0 Å². The second kappa shape index (κ2) is 40.9. The third-order valence-electron chi connectivity index (χ3n) is 9.98. The number of hydrogen-bond donors (Lipinski definition) is 3. The molecule has 0 aliphatic rings. The van der Waals surface area contributed by atoms with Gasteiger partial charge in [-0.15, -0.1) is 0 Å². The van der Waals surface area contributed by atoms with Crippen molar-refractivity contribution in [3.63, 3.8) is 0 Å². The molecule has 0 amide bonds. The van der Waals surface area contributed by atoms with Crippen LogP contribution in [-0.2, 0) is 32.7 Å². The predicted octanol–water partition coefficient (Wildman–Crippen LogP) is 12.0. The summed E-state index contributed by atoms with van der Waals surface area (Å²) in [4.78, 5) is 34.5. The van der Waals surface area contributed by atoms with Crippen molar-refractivity contribution in [3.8, 4) is 0 Å². The van der Waals surface area contributed by atoms with Gasteiger partial charge in [0, 0.05) is 12.8 Å². The number of unbranched alkanes of at least 4 members (excludes halogenated alkanes) is 27. The molecule has 0 radical (unpaired) electrons. The summed E-state index contributed by atoms with van der Waals surface area (Å²) in [6, 6.07) is 0. The zero-order valence-corrected chi connectivity index (χ0v) is 36.3. The smallest absolute Gasteiger partial charge is 0.457 e. The molecule has 0 aromatic carbocycles. The zero-order valence-electron chi connectivity index (χ0n) is 35.4. The summed E-state index contributed by atoms with van der Waals surface area (Å²) in [6.45, 7) is 2.22. The molecule has 0 saturated carbocycles. The quantitative estimate of drug-likeness (QED) is 0.0235. The maximum atomic E-state index is 12.3. The fourth-order valence-electron chi connectivity index (χ4n) is 6.46. The molecule has 0 aromatic rings. The van der Waals surface area contributed by atoms with Gasteiger partial charge in [-0.25, -0.2) is 4.57 Å². The van der Waals surface area contributed by atoms with Crippen LogP contribution in [0.5, 0.6) is 0 Å². The van der Waals surface area contributed by atoms with Crippen LogP contribution >= 0.6 is 7.82 Å². The molecule has 0 spiro atoms. The van der Waals surface area contributed by atoms with E-state index in [1.54, 1.807) is 0 Å². The molecule has 10 nitrogen and oxygen atoms in total. The van der Waals surface area contributed by atoms with Crippen molar-refractivity contribution in [2.24, 2.45) is 0 Å². The summed E-state index contributed by atoms with van der Waals surface area (Å²) in [5, 5.41) is 19.1. The number of aliphatic hydroxyl groups excluding tert-OH is 2. The Morgan fingerprint density at radius 3 is 1.04 bits per heavy atom. The van der Waals surface area contributed by atoms with E-state index in [0.717, 1.165) is 38.5 Å². The Morgan fingerprint density at radius 2 is 0.745 bits per heavy atom. The highest BCUT2D eigenvalue weighted by Gasteiger charge is 2.27. The second-order valence-electron chi connectivity index (χ2n) is 15.4. The number of ether oxygens (including phenoxy) is 2. The van der Waals surface area contributed by atoms with Crippen molar-refractivity contribution >= 4 is 19.8 Å². The Morgan fingerprint density at radius 1 is 0.473 bits per heavy atom. The maximum absolute atomic E-state index is 12.3. The highest BCUT2D eigenvalue weighted by Crippen LogP contribution is 2.43. The molecular weight excluding hydrogens is 719 g/mol. The van der Waals surface area contributed by atoms with Crippen molar-refractivity contribution in [2.75, 3.05) is 26.4 Å². The molecule has 0 aromatic heterocycles. The number of phosphoric ester groups is 1. The van der Waals surface area contributed by atoms with E-state index in [1.165, 1.54) is 141 Å². The minimum Gasteiger partial charge on any atom is -0.457 e. The molecule has 3 atom stereocenters. The highest BCUT2D eigenvalue weighted by atomic mass is 31.2. The van der Waals surface area contributed by atoms with E-state index in [4.69, 9.17) is 18.5 Å². The molecule has 0 heterocycles. The summed E-state index contributed by atoms with van der Waals surface area (Å²) >= 11 is 0. The molecule has 0 aliphatic heterocycles. The van der Waals surface area contributed by atoms with Gasteiger partial charge in [0.25, 0.3) is 0 Å². The van der Waals surface area contributed by atoms with Crippen molar-refractivity contribution in [1.82, 2.24) is 0 Å². The number of rotatable bonds is 43. The van der Waals surface area contributed by atoms with Crippen molar-refractivity contribution in [1.29, 1.82) is 0 Å². The second-order valence-corrected chi connectivity index (χ2v) is 16.8. The lowest BCUT2D eigenvalue weighted by Gasteiger charge is -2.20. The lowest BCUT2D eigenvalue weighted by Crippen LogP contribution is -2.28. The van der Waals surface area contributed by atoms with Crippen LogP contribution in [0.25, 0.3) is 0 Å². The molecule has 0 bridgehead atoms. The van der Waals surface area contributed by atoms with Gasteiger partial charge in [-0.1, -0.05) is 180 Å². The third kappa shape index (κ3) is 39.3. The molecular formula is C44H85O10P. The van der Waals surface area contributed by atoms with Crippen LogP contribution in [0, 0.1) is 0 Å². The average molecular weight is 805 g/mol. The van der Waals surface area contributed by atoms with Gasteiger partial charge in [0.1, 0.15) is 12.2 Å². The maximum Gasteiger partial charge on any atom is 0.472 e. The largest absolute Gasteiger partial charge is 0.472 e. The highest BCUT2D eigenvalue weighted by molar-refractivity contribution is 7.47. The number of esters is 2. The van der Waals surface area contributed by atoms with Gasteiger partial charge in [0.2, 0.25) is 0 Å². The first kappa shape index (κ1) is 53.7. The van der Waals surface area contributed by atoms with Crippen LogP contribution in [0.1, 0.15) is 219 Å². The van der Waals surface area contributed by atoms with E-state index in [0.29, 0.717) is 12.8 Å². The first-order valence-corrected chi connectivity index (χ1v) is 24.1. The molecule has 326 valence electrons. The van der Waals surface area contributed by atoms with E-state index < -0.39 is 58.4 Å². The molecule has 0 saturated heterocycles. The Kier molecular flexibility index (Phi) is 39.9. The number of hydrogen-bond acceptors (Lipinski definition) is 9. The third-order valence-corrected chi connectivity index (χ3v) is 10.9. The first-order valence-electron chi connectivity index (χ1n) is 22.6. The topological polar surface area (TPSA) is 149 Å². The molecule has 3 unspecified atom stereocenters. The van der Waals surface area contributed by atoms with Crippen LogP contribution in [0.2, 0.25) is 0 Å². The van der Waals surface area contributed by atoms with Gasteiger partial charge in [0.05, 0.1) is 26.4 Å². The molecule has 0 fully saturated rings. The number of allylic oxidation sites excluding steroid dienone is 2. The van der Waals surface area contributed by atoms with Crippen LogP contribution in [-0.4, -0.2) is 65.7 Å². The number of phosphoric acid groups is 1. The standard InChI is InChI=1S/C44H85O10P/c1-3-5-7-9-11-13-15-16-17-18-19-20-21-22-23-24-26-28-30-32-34-36-44(48)54-42(38-46)40-52-55(49,50)51-39-41(37-45)53-43(47)35-33-31-29-27-25-14-12-10-8-6-4-2/h18-19,41-42,45-46H,3-17,20-40H2,1-2H3,(H,49,50)/b19-18-. The normalized spacial score (nSPS) is 13.9. The van der Waals surface area contributed by atoms with E-state index in [1.807, 2.05) is 0 Å². The summed E-state index contributed by atoms with van der Waals surface area (Å²) in [7, 11) is -4.63. The molecule has 11 heteroatoms. The van der Waals surface area contributed by atoms with Gasteiger partial charge in [-0.2, -0.15) is 0 Å². The van der Waals surface area contributed by atoms with Crippen LogP contribution in [0.3, 0.4) is 0 Å². The molecule has 0 aliphatic carbocycles. The van der Waals surface area contributed by atoms with Gasteiger partial charge < -0.3 is 24.6 Å². The summed E-state index contributed by atoms with van der Waals surface area (Å²) in [5.41, 5.74) is 0. The number of aliphatic hydroxyl groups is 2. The van der Waals surface area contributed by atoms with E-state index in [-0.39, 0.29) is 12.8 Å². The number of carbonyl (C=O) groups is 2. The van der Waals surface area contributed by atoms with Crippen molar-refractivity contribution in [2.45, 2.75) is 232 Å². The van der Waals surface area contributed by atoms with E-state index in [2.05, 4.69) is 26.0 Å². The minimum atomic E-state index is -4.63. The van der Waals surface area contributed by atoms with Gasteiger partial charge in [-0.3, -0.25) is 18.6 Å². The molecule has 0 rings (SSSR count). The van der Waals surface area contributed by atoms with Gasteiger partial charge in [-0.05, 0) is 38.5 Å². The van der Waals surface area contributed by atoms with Gasteiger partial charge in [0.15, 0.2) is 0 Å². The Hall–Kier alpha value is -1.29. The zero-order chi connectivity index (χ0) is 40.5. The Balaban J connectivity index is 3.84. The fraction of sp³-hybridized carbons (Fsp3) is 0.909. The van der Waals surface area contributed by atoms with E-state index in [9.17, 15) is 29.3 Å². The average Bonchev–Trinajstić information content (AvgIpc) is 3.17. The predicted molar refractivity (Wildman–Crippen MR) is 224 cm³/mol. The first-order chi connectivity index (χ1) is 26.8. The molecule has 55 heavy (non-hydrogen) atoms. The van der Waals surface area contributed by atoms with Crippen molar-refractivity contribution < 1.29 is 47.8 Å². The summed E-state index contributed by atoms with van der Waals surface area (Å²) < 4.78 is 32.6. The van der Waals surface area contributed by atoms with Gasteiger partial charge >= 0.3 is 19.8 Å². The Bertz CT molecular complexity index is 930. The summed E-state index contributed by atoms with van der Waals surface area (Å²) in [5.74, 6) is -1.01.